The van der Waals surface area contributed by atoms with Crippen LogP contribution in [0.5, 0.6) is 0 Å². The Labute approximate surface area is 134 Å². The van der Waals surface area contributed by atoms with Gasteiger partial charge in [0.05, 0.1) is 4.90 Å². The fourth-order valence-corrected chi connectivity index (χ4v) is 3.53. The second kappa shape index (κ2) is 8.13. The third kappa shape index (κ3) is 5.25. The molecule has 6 heteroatoms. The summed E-state index contributed by atoms with van der Waals surface area (Å²) in [4.78, 5) is 0.348. The first-order valence-electron chi connectivity index (χ1n) is 7.32. The van der Waals surface area contributed by atoms with Gasteiger partial charge in [0.1, 0.15) is 0 Å². The van der Waals surface area contributed by atoms with Gasteiger partial charge in [0.15, 0.2) is 0 Å². The molecule has 1 aliphatic heterocycles. The van der Waals surface area contributed by atoms with E-state index >= 15 is 0 Å². The molecule has 0 saturated carbocycles. The van der Waals surface area contributed by atoms with Gasteiger partial charge in [0, 0.05) is 12.6 Å². The van der Waals surface area contributed by atoms with Gasteiger partial charge in [-0.3, -0.25) is 0 Å². The molecule has 0 aliphatic carbocycles. The summed E-state index contributed by atoms with van der Waals surface area (Å²) < 4.78 is 27.0. The van der Waals surface area contributed by atoms with Crippen LogP contribution in [0.3, 0.4) is 0 Å². The second-order valence-electron chi connectivity index (χ2n) is 5.70. The number of benzene rings is 1. The fourth-order valence-electron chi connectivity index (χ4n) is 2.49. The minimum absolute atomic E-state index is 0. The first-order valence-corrected chi connectivity index (χ1v) is 8.80. The van der Waals surface area contributed by atoms with Crippen molar-refractivity contribution in [3.63, 3.8) is 0 Å². The highest BCUT2D eigenvalue weighted by Gasteiger charge is 2.17. The minimum Gasteiger partial charge on any atom is -0.314 e. The molecule has 1 heterocycles. The molecule has 1 saturated heterocycles. The van der Waals surface area contributed by atoms with E-state index in [0.717, 1.165) is 24.9 Å². The highest BCUT2D eigenvalue weighted by molar-refractivity contribution is 7.89. The van der Waals surface area contributed by atoms with Crippen LogP contribution < -0.4 is 10.0 Å². The standard InChI is InChI=1S/C15H24N2O2S.ClH/c1-12(2)13-5-7-15(8-6-13)20(18,19)17-11-9-14-4-3-10-16-14;/h5-8,12,14,16-17H,3-4,9-11H2,1-2H3;1H/t14-;/m1./s1. The zero-order chi connectivity index (χ0) is 14.6. The Morgan fingerprint density at radius 1 is 1.29 bits per heavy atom. The molecule has 2 rings (SSSR count). The molecule has 1 aromatic carbocycles. The largest absolute Gasteiger partial charge is 0.314 e. The Morgan fingerprint density at radius 3 is 2.48 bits per heavy atom. The van der Waals surface area contributed by atoms with Gasteiger partial charge in [-0.15, -0.1) is 12.4 Å². The summed E-state index contributed by atoms with van der Waals surface area (Å²) in [6.07, 6.45) is 3.18. The molecule has 1 aromatic rings. The van der Waals surface area contributed by atoms with Crippen LogP contribution >= 0.6 is 12.4 Å². The summed E-state index contributed by atoms with van der Waals surface area (Å²) in [7, 11) is -3.37. The van der Waals surface area contributed by atoms with Gasteiger partial charge in [-0.1, -0.05) is 26.0 Å². The molecule has 2 N–H and O–H groups in total. The maximum atomic E-state index is 12.2. The van der Waals surface area contributed by atoms with E-state index < -0.39 is 10.0 Å². The zero-order valence-electron chi connectivity index (χ0n) is 12.6. The maximum Gasteiger partial charge on any atom is 0.240 e. The number of nitrogens with one attached hydrogen (secondary N) is 2. The normalized spacial score (nSPS) is 18.7. The monoisotopic (exact) mass is 332 g/mol. The minimum atomic E-state index is -3.37. The van der Waals surface area contributed by atoms with Crippen LogP contribution in [-0.2, 0) is 10.0 Å². The van der Waals surface area contributed by atoms with Gasteiger partial charge in [-0.2, -0.15) is 0 Å². The smallest absolute Gasteiger partial charge is 0.240 e. The maximum absolute atomic E-state index is 12.2. The van der Waals surface area contributed by atoms with Crippen LogP contribution in [0.4, 0.5) is 0 Å². The number of halogens is 1. The molecule has 0 spiro atoms. The predicted octanol–water partition coefficient (Wildman–Crippen LogP) is 2.65. The molecule has 0 radical (unpaired) electrons. The molecule has 1 atom stereocenters. The van der Waals surface area contributed by atoms with E-state index in [0.29, 0.717) is 23.4 Å². The number of rotatable bonds is 6. The lowest BCUT2D eigenvalue weighted by Gasteiger charge is -2.12. The summed E-state index contributed by atoms with van der Waals surface area (Å²) in [6, 6.07) is 7.60. The average molecular weight is 333 g/mol. The van der Waals surface area contributed by atoms with Crippen molar-refractivity contribution < 1.29 is 8.42 Å². The molecule has 120 valence electrons. The quantitative estimate of drug-likeness (QED) is 0.842. The molecule has 1 fully saturated rings. The van der Waals surface area contributed by atoms with Gasteiger partial charge in [-0.25, -0.2) is 13.1 Å². The SMILES string of the molecule is CC(C)c1ccc(S(=O)(=O)NCC[C@H]2CCCN2)cc1.Cl. The van der Waals surface area contributed by atoms with Crippen molar-refractivity contribution in [2.45, 2.75) is 50.0 Å². The highest BCUT2D eigenvalue weighted by atomic mass is 35.5. The predicted molar refractivity (Wildman–Crippen MR) is 88.6 cm³/mol. The Balaban J connectivity index is 0.00000220. The summed E-state index contributed by atoms with van der Waals surface area (Å²) >= 11 is 0. The molecule has 4 nitrogen and oxygen atoms in total. The molecule has 0 amide bonds. The lowest BCUT2D eigenvalue weighted by Crippen LogP contribution is -2.30. The van der Waals surface area contributed by atoms with Crippen molar-refractivity contribution >= 4 is 22.4 Å². The van der Waals surface area contributed by atoms with Gasteiger partial charge in [-0.05, 0) is 49.4 Å². The molecular formula is C15H25ClN2O2S. The van der Waals surface area contributed by atoms with Crippen molar-refractivity contribution in [3.05, 3.63) is 29.8 Å². The molecular weight excluding hydrogens is 308 g/mol. The number of hydrogen-bond donors (Lipinski definition) is 2. The van der Waals surface area contributed by atoms with E-state index in [2.05, 4.69) is 23.9 Å². The summed E-state index contributed by atoms with van der Waals surface area (Å²) in [5, 5.41) is 3.37. The molecule has 0 aromatic heterocycles. The van der Waals surface area contributed by atoms with Crippen LogP contribution in [-0.4, -0.2) is 27.5 Å². The van der Waals surface area contributed by atoms with Crippen molar-refractivity contribution in [3.8, 4) is 0 Å². The topological polar surface area (TPSA) is 58.2 Å². The lowest BCUT2D eigenvalue weighted by atomic mass is 10.0. The van der Waals surface area contributed by atoms with Gasteiger partial charge in [0.2, 0.25) is 10.0 Å². The van der Waals surface area contributed by atoms with E-state index in [4.69, 9.17) is 0 Å². The van der Waals surface area contributed by atoms with Crippen LogP contribution in [0.25, 0.3) is 0 Å². The van der Waals surface area contributed by atoms with Crippen molar-refractivity contribution in [1.29, 1.82) is 0 Å². The summed E-state index contributed by atoms with van der Waals surface area (Å²) in [6.45, 7) is 5.73. The van der Waals surface area contributed by atoms with E-state index in [1.54, 1.807) is 12.1 Å². The van der Waals surface area contributed by atoms with Crippen LogP contribution in [0.1, 0.15) is 44.6 Å². The summed E-state index contributed by atoms with van der Waals surface area (Å²) in [5.41, 5.74) is 1.15. The Kier molecular flexibility index (Phi) is 7.13. The van der Waals surface area contributed by atoms with Crippen molar-refractivity contribution in [2.24, 2.45) is 0 Å². The Morgan fingerprint density at radius 2 is 1.95 bits per heavy atom. The average Bonchev–Trinajstić information content (AvgIpc) is 2.92. The first-order chi connectivity index (χ1) is 9.49. The van der Waals surface area contributed by atoms with Crippen LogP contribution in [0.15, 0.2) is 29.2 Å². The van der Waals surface area contributed by atoms with Crippen molar-refractivity contribution in [2.75, 3.05) is 13.1 Å². The van der Waals surface area contributed by atoms with Crippen LogP contribution in [0, 0.1) is 0 Å². The van der Waals surface area contributed by atoms with E-state index in [1.165, 1.54) is 6.42 Å². The van der Waals surface area contributed by atoms with Gasteiger partial charge >= 0.3 is 0 Å². The number of sulfonamides is 1. The molecule has 0 bridgehead atoms. The first kappa shape index (κ1) is 18.4. The Hall–Kier alpha value is -0.620. The zero-order valence-corrected chi connectivity index (χ0v) is 14.3. The van der Waals surface area contributed by atoms with Gasteiger partial charge in [0.25, 0.3) is 0 Å². The fraction of sp³-hybridized carbons (Fsp3) is 0.600. The molecule has 1 aliphatic rings. The van der Waals surface area contributed by atoms with Crippen molar-refractivity contribution in [1.82, 2.24) is 10.0 Å². The lowest BCUT2D eigenvalue weighted by molar-refractivity contribution is 0.539. The van der Waals surface area contributed by atoms with E-state index in [-0.39, 0.29) is 12.4 Å². The Bertz CT molecular complexity index is 523. The third-order valence-electron chi connectivity index (χ3n) is 3.80. The highest BCUT2D eigenvalue weighted by Crippen LogP contribution is 2.17. The molecule has 0 unspecified atom stereocenters. The third-order valence-corrected chi connectivity index (χ3v) is 5.28. The number of hydrogen-bond acceptors (Lipinski definition) is 3. The second-order valence-corrected chi connectivity index (χ2v) is 7.47. The van der Waals surface area contributed by atoms with Gasteiger partial charge < -0.3 is 5.32 Å². The van der Waals surface area contributed by atoms with E-state index in [1.807, 2.05) is 12.1 Å². The van der Waals surface area contributed by atoms with Crippen LogP contribution in [0.2, 0.25) is 0 Å². The molecule has 21 heavy (non-hydrogen) atoms. The van der Waals surface area contributed by atoms with E-state index in [9.17, 15) is 8.42 Å². The summed E-state index contributed by atoms with van der Waals surface area (Å²) in [5.74, 6) is 0.410.